The van der Waals surface area contributed by atoms with Gasteiger partial charge in [0.2, 0.25) is 5.91 Å². The molecule has 0 bridgehead atoms. The second kappa shape index (κ2) is 8.97. The first-order chi connectivity index (χ1) is 12.0. The van der Waals surface area contributed by atoms with Gasteiger partial charge in [0.1, 0.15) is 5.82 Å². The molecule has 25 heavy (non-hydrogen) atoms. The number of nitrogens with one attached hydrogen (secondary N) is 2. The first-order valence-electron chi connectivity index (χ1n) is 7.28. The number of carbonyl (C=O) groups is 2. The van der Waals surface area contributed by atoms with Crippen LogP contribution in [-0.4, -0.2) is 34.7 Å². The lowest BCUT2D eigenvalue weighted by molar-refractivity contribution is -0.139. The Balaban J connectivity index is 1.90. The minimum Gasteiger partial charge on any atom is -0.469 e. The number of hydrogen-bond acceptors (Lipinski definition) is 6. The Morgan fingerprint density at radius 1 is 1.36 bits per heavy atom. The Bertz CT molecular complexity index is 825. The maximum absolute atomic E-state index is 13.5. The highest BCUT2D eigenvalue weighted by Gasteiger charge is 2.10. The van der Waals surface area contributed by atoms with E-state index in [0.29, 0.717) is 5.56 Å². The van der Waals surface area contributed by atoms with Crippen LogP contribution in [0.1, 0.15) is 11.3 Å². The number of rotatable bonds is 7. The van der Waals surface area contributed by atoms with Gasteiger partial charge in [-0.05, 0) is 6.07 Å². The number of aromatic nitrogens is 2. The minimum absolute atomic E-state index is 0.0148. The standard InChI is InChI=1S/C16H16FN3O4S/c1-24-15(23)7-11-6-13(21)20-16(19-11)25-9-14(22)18-8-10-4-2-3-5-12(10)17/h2-6H,7-9H2,1H3,(H,18,22)(H,19,20,21). The number of H-pyrrole nitrogens is 1. The van der Waals surface area contributed by atoms with Crippen LogP contribution < -0.4 is 10.9 Å². The van der Waals surface area contributed by atoms with Crippen LogP contribution >= 0.6 is 11.8 Å². The third-order valence-electron chi connectivity index (χ3n) is 3.10. The van der Waals surface area contributed by atoms with Crippen LogP contribution in [0.4, 0.5) is 4.39 Å². The summed E-state index contributed by atoms with van der Waals surface area (Å²) in [5.74, 6) is -1.26. The summed E-state index contributed by atoms with van der Waals surface area (Å²) in [5, 5.41) is 2.80. The van der Waals surface area contributed by atoms with Gasteiger partial charge in [0, 0.05) is 18.2 Å². The lowest BCUT2D eigenvalue weighted by Crippen LogP contribution is -2.25. The van der Waals surface area contributed by atoms with Crippen LogP contribution in [0.3, 0.4) is 0 Å². The number of aromatic amines is 1. The van der Waals surface area contributed by atoms with E-state index in [2.05, 4.69) is 20.0 Å². The van der Waals surface area contributed by atoms with Gasteiger partial charge < -0.3 is 15.0 Å². The Labute approximate surface area is 147 Å². The molecule has 132 valence electrons. The number of amides is 1. The summed E-state index contributed by atoms with van der Waals surface area (Å²) in [6.45, 7) is 0.0679. The predicted octanol–water partition coefficient (Wildman–Crippen LogP) is 1.03. The van der Waals surface area contributed by atoms with Gasteiger partial charge in [-0.25, -0.2) is 9.37 Å². The average molecular weight is 365 g/mol. The average Bonchev–Trinajstić information content (AvgIpc) is 2.58. The predicted molar refractivity (Wildman–Crippen MR) is 89.5 cm³/mol. The van der Waals surface area contributed by atoms with E-state index in [4.69, 9.17) is 0 Å². The van der Waals surface area contributed by atoms with Crippen LogP contribution in [0.5, 0.6) is 0 Å². The van der Waals surface area contributed by atoms with Gasteiger partial charge in [0.25, 0.3) is 5.56 Å². The van der Waals surface area contributed by atoms with Crippen molar-refractivity contribution >= 4 is 23.6 Å². The molecular formula is C16H16FN3O4S. The smallest absolute Gasteiger partial charge is 0.311 e. The molecule has 0 radical (unpaired) electrons. The fraction of sp³-hybridized carbons (Fsp3) is 0.250. The molecule has 1 aromatic heterocycles. The second-order valence-electron chi connectivity index (χ2n) is 4.95. The van der Waals surface area contributed by atoms with Crippen LogP contribution in [-0.2, 0) is 27.3 Å². The second-order valence-corrected chi connectivity index (χ2v) is 5.92. The zero-order valence-electron chi connectivity index (χ0n) is 13.4. The first-order valence-corrected chi connectivity index (χ1v) is 8.26. The van der Waals surface area contributed by atoms with Crippen molar-refractivity contribution < 1.29 is 18.7 Å². The topological polar surface area (TPSA) is 101 Å². The number of thioether (sulfide) groups is 1. The number of benzene rings is 1. The summed E-state index contributed by atoms with van der Waals surface area (Å²) in [6, 6.07) is 7.34. The van der Waals surface area contributed by atoms with E-state index in [1.165, 1.54) is 19.2 Å². The van der Waals surface area contributed by atoms with Gasteiger partial charge in [-0.3, -0.25) is 14.4 Å². The Hall–Kier alpha value is -2.68. The van der Waals surface area contributed by atoms with Crippen LogP contribution in [0, 0.1) is 5.82 Å². The van der Waals surface area contributed by atoms with Gasteiger partial charge in [0.05, 0.1) is 25.0 Å². The zero-order valence-corrected chi connectivity index (χ0v) is 14.2. The monoisotopic (exact) mass is 365 g/mol. The van der Waals surface area contributed by atoms with E-state index in [1.54, 1.807) is 18.2 Å². The normalized spacial score (nSPS) is 10.3. The van der Waals surface area contributed by atoms with Crippen molar-refractivity contribution in [1.82, 2.24) is 15.3 Å². The summed E-state index contributed by atoms with van der Waals surface area (Å²) in [5.41, 5.74) is 0.209. The largest absolute Gasteiger partial charge is 0.469 e. The van der Waals surface area contributed by atoms with Crippen molar-refractivity contribution in [1.29, 1.82) is 0 Å². The van der Waals surface area contributed by atoms with E-state index >= 15 is 0 Å². The van der Waals surface area contributed by atoms with E-state index < -0.39 is 17.3 Å². The van der Waals surface area contributed by atoms with Crippen molar-refractivity contribution in [2.24, 2.45) is 0 Å². The summed E-state index contributed by atoms with van der Waals surface area (Å²) >= 11 is 1.01. The molecule has 0 saturated carbocycles. The molecule has 2 rings (SSSR count). The molecule has 0 atom stereocenters. The third kappa shape index (κ3) is 6.03. The lowest BCUT2D eigenvalue weighted by Gasteiger charge is -2.06. The van der Waals surface area contributed by atoms with E-state index in [0.717, 1.165) is 11.8 Å². The highest BCUT2D eigenvalue weighted by molar-refractivity contribution is 7.99. The third-order valence-corrected chi connectivity index (χ3v) is 3.97. The lowest BCUT2D eigenvalue weighted by atomic mass is 10.2. The Morgan fingerprint density at radius 3 is 2.84 bits per heavy atom. The molecule has 0 aliphatic heterocycles. The van der Waals surface area contributed by atoms with Gasteiger partial charge in [0.15, 0.2) is 5.16 Å². The maximum atomic E-state index is 13.5. The molecule has 0 saturated heterocycles. The zero-order chi connectivity index (χ0) is 18.2. The maximum Gasteiger partial charge on any atom is 0.311 e. The molecule has 1 amide bonds. The van der Waals surface area contributed by atoms with Crippen molar-refractivity contribution in [3.63, 3.8) is 0 Å². The highest BCUT2D eigenvalue weighted by atomic mass is 32.2. The summed E-state index contributed by atoms with van der Waals surface area (Å²) in [4.78, 5) is 41.2. The number of halogens is 1. The van der Waals surface area contributed by atoms with Crippen molar-refractivity contribution in [2.45, 2.75) is 18.1 Å². The molecule has 7 nitrogen and oxygen atoms in total. The minimum atomic E-state index is -0.517. The van der Waals surface area contributed by atoms with Gasteiger partial charge >= 0.3 is 5.97 Å². The van der Waals surface area contributed by atoms with Gasteiger partial charge in [-0.1, -0.05) is 30.0 Å². The molecule has 0 unspecified atom stereocenters. The Kier molecular flexibility index (Phi) is 6.70. The van der Waals surface area contributed by atoms with Gasteiger partial charge in [-0.15, -0.1) is 0 Å². The molecule has 9 heteroatoms. The van der Waals surface area contributed by atoms with E-state index in [-0.39, 0.29) is 35.5 Å². The van der Waals surface area contributed by atoms with Crippen molar-refractivity contribution in [2.75, 3.05) is 12.9 Å². The van der Waals surface area contributed by atoms with Crippen molar-refractivity contribution in [3.05, 3.63) is 57.8 Å². The molecule has 0 spiro atoms. The first kappa shape index (κ1) is 18.7. The fourth-order valence-electron chi connectivity index (χ4n) is 1.88. The molecule has 2 N–H and O–H groups in total. The molecular weight excluding hydrogens is 349 g/mol. The van der Waals surface area contributed by atoms with E-state index in [1.807, 2.05) is 0 Å². The van der Waals surface area contributed by atoms with E-state index in [9.17, 15) is 18.8 Å². The highest BCUT2D eigenvalue weighted by Crippen LogP contribution is 2.12. The van der Waals surface area contributed by atoms with Crippen LogP contribution in [0.2, 0.25) is 0 Å². The number of ether oxygens (including phenoxy) is 1. The summed E-state index contributed by atoms with van der Waals surface area (Å²) in [7, 11) is 1.24. The molecule has 0 aliphatic carbocycles. The SMILES string of the molecule is COC(=O)Cc1cc(=O)[nH]c(SCC(=O)NCc2ccccc2F)n1. The summed E-state index contributed by atoms with van der Waals surface area (Å²) in [6.07, 6.45) is -0.131. The van der Waals surface area contributed by atoms with Crippen molar-refractivity contribution in [3.8, 4) is 0 Å². The number of carbonyl (C=O) groups excluding carboxylic acids is 2. The molecule has 2 aromatic rings. The number of nitrogens with zero attached hydrogens (tertiary/aromatic N) is 1. The number of esters is 1. The molecule has 1 heterocycles. The fourth-order valence-corrected chi connectivity index (χ4v) is 2.61. The number of methoxy groups -OCH3 is 1. The van der Waals surface area contributed by atoms with Crippen LogP contribution in [0.25, 0.3) is 0 Å². The Morgan fingerprint density at radius 2 is 2.12 bits per heavy atom. The van der Waals surface area contributed by atoms with Crippen LogP contribution in [0.15, 0.2) is 40.3 Å². The molecule has 0 aliphatic rings. The number of hydrogen-bond donors (Lipinski definition) is 2. The quantitative estimate of drug-likeness (QED) is 0.432. The molecule has 1 aromatic carbocycles. The summed E-state index contributed by atoms with van der Waals surface area (Å²) < 4.78 is 18.0. The molecule has 0 fully saturated rings. The van der Waals surface area contributed by atoms with Gasteiger partial charge in [-0.2, -0.15) is 0 Å².